The fourth-order valence-electron chi connectivity index (χ4n) is 3.34. The van der Waals surface area contributed by atoms with Crippen LogP contribution in [0.5, 0.6) is 0 Å². The molecular formula is C24H22N4O2S. The molecule has 1 N–H and O–H groups in total. The zero-order chi connectivity index (χ0) is 21.5. The van der Waals surface area contributed by atoms with Gasteiger partial charge in [-0.15, -0.1) is 11.8 Å². The predicted molar refractivity (Wildman–Crippen MR) is 123 cm³/mol. The fourth-order valence-corrected chi connectivity index (χ4v) is 4.56. The Morgan fingerprint density at radius 3 is 2.61 bits per heavy atom. The second kappa shape index (κ2) is 10.0. The number of aromatic nitrogens is 1. The quantitative estimate of drug-likeness (QED) is 0.459. The second-order valence-corrected chi connectivity index (χ2v) is 8.13. The molecule has 4 rings (SSSR count). The third kappa shape index (κ3) is 5.38. The Kier molecular flexibility index (Phi) is 6.74. The molecule has 0 unspecified atom stereocenters. The van der Waals surface area contributed by atoms with E-state index in [-0.39, 0.29) is 17.2 Å². The van der Waals surface area contributed by atoms with Crippen LogP contribution < -0.4 is 5.43 Å². The molecule has 1 atom stereocenters. The predicted octanol–water partition coefficient (Wildman–Crippen LogP) is 3.66. The van der Waals surface area contributed by atoms with Crippen LogP contribution in [0.15, 0.2) is 84.1 Å². The van der Waals surface area contributed by atoms with Gasteiger partial charge in [-0.3, -0.25) is 14.6 Å². The third-order valence-electron chi connectivity index (χ3n) is 4.96. The molecule has 1 aliphatic heterocycles. The molecule has 0 saturated carbocycles. The van der Waals surface area contributed by atoms with Gasteiger partial charge in [0.05, 0.1) is 17.7 Å². The van der Waals surface area contributed by atoms with E-state index in [2.05, 4.69) is 27.6 Å². The first-order chi connectivity index (χ1) is 15.2. The lowest BCUT2D eigenvalue weighted by Gasteiger charge is -2.24. The Morgan fingerprint density at radius 2 is 1.87 bits per heavy atom. The molecule has 2 heterocycles. The molecule has 31 heavy (non-hydrogen) atoms. The van der Waals surface area contributed by atoms with Gasteiger partial charge in [-0.05, 0) is 41.8 Å². The number of nitrogens with zero attached hydrogens (tertiary/aromatic N) is 3. The van der Waals surface area contributed by atoms with Crippen LogP contribution in [0.2, 0.25) is 0 Å². The highest BCUT2D eigenvalue weighted by atomic mass is 32.2. The maximum Gasteiger partial charge on any atom is 0.271 e. The van der Waals surface area contributed by atoms with Crippen molar-refractivity contribution in [1.82, 2.24) is 15.3 Å². The van der Waals surface area contributed by atoms with Gasteiger partial charge in [0.25, 0.3) is 5.91 Å². The van der Waals surface area contributed by atoms with Crippen molar-refractivity contribution in [3.63, 3.8) is 0 Å². The van der Waals surface area contributed by atoms with Gasteiger partial charge in [0.15, 0.2) is 0 Å². The van der Waals surface area contributed by atoms with Crippen molar-refractivity contribution in [2.24, 2.45) is 5.10 Å². The summed E-state index contributed by atoms with van der Waals surface area (Å²) in [6.07, 6.45) is 3.98. The maximum absolute atomic E-state index is 12.4. The minimum atomic E-state index is -0.296. The minimum absolute atomic E-state index is 0.0319. The number of amides is 2. The van der Waals surface area contributed by atoms with E-state index >= 15 is 0 Å². The highest BCUT2D eigenvalue weighted by Gasteiger charge is 2.32. The van der Waals surface area contributed by atoms with Crippen molar-refractivity contribution in [1.29, 1.82) is 0 Å². The van der Waals surface area contributed by atoms with Crippen molar-refractivity contribution in [3.8, 4) is 0 Å². The third-order valence-corrected chi connectivity index (χ3v) is 6.22. The molecule has 0 aliphatic carbocycles. The van der Waals surface area contributed by atoms with E-state index in [9.17, 15) is 9.59 Å². The molecule has 1 saturated heterocycles. The van der Waals surface area contributed by atoms with E-state index in [0.29, 0.717) is 23.6 Å². The van der Waals surface area contributed by atoms with Crippen LogP contribution in [0.1, 0.15) is 32.6 Å². The van der Waals surface area contributed by atoms with E-state index in [1.54, 1.807) is 36.2 Å². The number of hydrazone groups is 1. The van der Waals surface area contributed by atoms with Crippen LogP contribution in [0, 0.1) is 0 Å². The zero-order valence-corrected chi connectivity index (χ0v) is 17.7. The van der Waals surface area contributed by atoms with Gasteiger partial charge in [-0.1, -0.05) is 48.5 Å². The number of hydrogen-bond acceptors (Lipinski definition) is 5. The van der Waals surface area contributed by atoms with Gasteiger partial charge < -0.3 is 4.90 Å². The average molecular weight is 431 g/mol. The molecule has 7 heteroatoms. The van der Waals surface area contributed by atoms with Crippen molar-refractivity contribution in [3.05, 3.63) is 101 Å². The number of carbonyl (C=O) groups is 2. The maximum atomic E-state index is 12.4. The van der Waals surface area contributed by atoms with Gasteiger partial charge in [-0.2, -0.15) is 5.10 Å². The molecule has 156 valence electrons. The Labute approximate surface area is 185 Å². The van der Waals surface area contributed by atoms with E-state index in [1.807, 2.05) is 47.4 Å². The molecule has 0 spiro atoms. The fraction of sp³-hybridized carbons (Fsp3) is 0.167. The van der Waals surface area contributed by atoms with E-state index in [0.717, 1.165) is 12.0 Å². The first-order valence-electron chi connectivity index (χ1n) is 10.00. The van der Waals surface area contributed by atoms with Crippen LogP contribution in [-0.4, -0.2) is 40.2 Å². The summed E-state index contributed by atoms with van der Waals surface area (Å²) in [7, 11) is 0. The lowest BCUT2D eigenvalue weighted by Crippen LogP contribution is -2.30. The summed E-state index contributed by atoms with van der Waals surface area (Å²) >= 11 is 1.62. The SMILES string of the molecule is O=C(N/N=C\c1ccccn1)c1ccc([C@H]2SCC(=O)N2CCc2ccccc2)cc1. The molecule has 3 aromatic rings. The van der Waals surface area contributed by atoms with Gasteiger partial charge in [0.2, 0.25) is 5.91 Å². The number of thioether (sulfide) groups is 1. The van der Waals surface area contributed by atoms with E-state index < -0.39 is 0 Å². The number of pyridine rings is 1. The highest BCUT2D eigenvalue weighted by molar-refractivity contribution is 8.00. The molecule has 1 aliphatic rings. The van der Waals surface area contributed by atoms with Crippen LogP contribution in [0.25, 0.3) is 0 Å². The van der Waals surface area contributed by atoms with Gasteiger partial charge >= 0.3 is 0 Å². The molecule has 0 radical (unpaired) electrons. The van der Waals surface area contributed by atoms with Crippen LogP contribution >= 0.6 is 11.8 Å². The topological polar surface area (TPSA) is 74.7 Å². The smallest absolute Gasteiger partial charge is 0.271 e. The van der Waals surface area contributed by atoms with Crippen molar-refractivity contribution >= 4 is 29.8 Å². The number of nitrogens with one attached hydrogen (secondary N) is 1. The zero-order valence-electron chi connectivity index (χ0n) is 16.8. The standard InChI is InChI=1S/C24H22N4O2S/c29-22-17-31-24(28(22)15-13-18-6-2-1-3-7-18)20-11-9-19(10-12-20)23(30)27-26-16-21-8-4-5-14-25-21/h1-12,14,16,24H,13,15,17H2,(H,27,30)/b26-16-/t24-/m1/s1. The summed E-state index contributed by atoms with van der Waals surface area (Å²) in [6.45, 7) is 0.672. The van der Waals surface area contributed by atoms with Crippen molar-refractivity contribution in [2.45, 2.75) is 11.8 Å². The normalized spacial score (nSPS) is 16.1. The first-order valence-corrected chi connectivity index (χ1v) is 11.0. The lowest BCUT2D eigenvalue weighted by atomic mass is 10.1. The molecule has 2 aromatic carbocycles. The average Bonchev–Trinajstić information content (AvgIpc) is 3.19. The van der Waals surface area contributed by atoms with Gasteiger partial charge in [0.1, 0.15) is 5.37 Å². The minimum Gasteiger partial charge on any atom is -0.326 e. The number of rotatable bonds is 7. The number of carbonyl (C=O) groups excluding carboxylic acids is 2. The highest BCUT2D eigenvalue weighted by Crippen LogP contribution is 2.38. The summed E-state index contributed by atoms with van der Waals surface area (Å²) in [5.74, 6) is 0.329. The van der Waals surface area contributed by atoms with Gasteiger partial charge in [-0.25, -0.2) is 5.43 Å². The van der Waals surface area contributed by atoms with E-state index in [4.69, 9.17) is 0 Å². The van der Waals surface area contributed by atoms with Crippen molar-refractivity contribution < 1.29 is 9.59 Å². The number of hydrogen-bond donors (Lipinski definition) is 1. The molecule has 0 bridgehead atoms. The number of benzene rings is 2. The Morgan fingerprint density at radius 1 is 1.10 bits per heavy atom. The molecule has 6 nitrogen and oxygen atoms in total. The summed E-state index contributed by atoms with van der Waals surface area (Å²) in [5, 5.41) is 3.92. The Hall–Kier alpha value is -3.45. The molecule has 2 amide bonds. The van der Waals surface area contributed by atoms with Crippen LogP contribution in [0.3, 0.4) is 0 Å². The summed E-state index contributed by atoms with van der Waals surface area (Å²) in [5.41, 5.74) is 5.91. The molecule has 1 fully saturated rings. The Bertz CT molecular complexity index is 1060. The Balaban J connectivity index is 1.37. The summed E-state index contributed by atoms with van der Waals surface area (Å²) in [4.78, 5) is 30.8. The van der Waals surface area contributed by atoms with E-state index in [1.165, 1.54) is 11.8 Å². The lowest BCUT2D eigenvalue weighted by molar-refractivity contribution is -0.128. The largest absolute Gasteiger partial charge is 0.326 e. The monoisotopic (exact) mass is 430 g/mol. The summed E-state index contributed by atoms with van der Waals surface area (Å²) < 4.78 is 0. The van der Waals surface area contributed by atoms with Crippen LogP contribution in [0.4, 0.5) is 0 Å². The second-order valence-electron chi connectivity index (χ2n) is 7.06. The first kappa shape index (κ1) is 20.8. The van der Waals surface area contributed by atoms with Crippen molar-refractivity contribution in [2.75, 3.05) is 12.3 Å². The summed E-state index contributed by atoms with van der Waals surface area (Å²) in [6, 6.07) is 23.0. The molecular weight excluding hydrogens is 408 g/mol. The van der Waals surface area contributed by atoms with Gasteiger partial charge in [0, 0.05) is 18.3 Å². The van der Waals surface area contributed by atoms with Crippen LogP contribution in [-0.2, 0) is 11.2 Å². The molecule has 1 aromatic heterocycles.